The lowest BCUT2D eigenvalue weighted by atomic mass is 10.1. The molecular formula is C22H23N5O2. The fourth-order valence-electron chi connectivity index (χ4n) is 3.16. The molecule has 0 spiro atoms. The van der Waals surface area contributed by atoms with E-state index in [0.717, 1.165) is 30.4 Å². The number of allylic oxidation sites excluding steroid dienone is 1. The second-order valence-electron chi connectivity index (χ2n) is 6.98. The van der Waals surface area contributed by atoms with Gasteiger partial charge in [-0.2, -0.15) is 0 Å². The fourth-order valence-corrected chi connectivity index (χ4v) is 3.16. The maximum atomic E-state index is 12.4. The number of ketones is 1. The molecule has 3 aromatic rings. The number of aromatic nitrogens is 4. The zero-order chi connectivity index (χ0) is 20.1. The Bertz CT molecular complexity index is 987. The SMILES string of the molecule is Cn1ccnc1COc1ccc(C(=O)/C=C/c2cnc(N3CCCC3)nc2)cc1. The molecule has 0 amide bonds. The highest BCUT2D eigenvalue weighted by molar-refractivity contribution is 6.06. The molecule has 7 nitrogen and oxygen atoms in total. The van der Waals surface area contributed by atoms with Gasteiger partial charge in [0.15, 0.2) is 5.78 Å². The number of imidazole rings is 1. The molecular weight excluding hydrogens is 366 g/mol. The maximum Gasteiger partial charge on any atom is 0.225 e. The van der Waals surface area contributed by atoms with E-state index in [1.165, 1.54) is 18.9 Å². The highest BCUT2D eigenvalue weighted by Crippen LogP contribution is 2.16. The molecule has 1 aliphatic heterocycles. The van der Waals surface area contributed by atoms with E-state index in [0.29, 0.717) is 17.9 Å². The molecule has 0 unspecified atom stereocenters. The molecule has 1 fully saturated rings. The molecule has 0 bridgehead atoms. The minimum absolute atomic E-state index is 0.0794. The van der Waals surface area contributed by atoms with Gasteiger partial charge in [0.25, 0.3) is 0 Å². The summed E-state index contributed by atoms with van der Waals surface area (Å²) in [7, 11) is 1.92. The van der Waals surface area contributed by atoms with Gasteiger partial charge >= 0.3 is 0 Å². The topological polar surface area (TPSA) is 73.1 Å². The minimum atomic E-state index is -0.0794. The summed E-state index contributed by atoms with van der Waals surface area (Å²) in [6.45, 7) is 2.40. The first-order chi connectivity index (χ1) is 14.2. The largest absolute Gasteiger partial charge is 0.486 e. The quantitative estimate of drug-likeness (QED) is 0.456. The zero-order valence-electron chi connectivity index (χ0n) is 16.4. The molecule has 0 saturated carbocycles. The first-order valence-corrected chi connectivity index (χ1v) is 9.67. The molecule has 4 rings (SSSR count). The first kappa shape index (κ1) is 18.9. The second kappa shape index (κ2) is 8.68. The number of hydrogen-bond acceptors (Lipinski definition) is 6. The van der Waals surface area contributed by atoms with Crippen LogP contribution in [-0.4, -0.2) is 38.4 Å². The van der Waals surface area contributed by atoms with Gasteiger partial charge in [0.2, 0.25) is 5.95 Å². The normalized spacial score (nSPS) is 13.9. The predicted octanol–water partition coefficient (Wildman–Crippen LogP) is 3.29. The number of anilines is 1. The molecule has 0 aliphatic carbocycles. The lowest BCUT2D eigenvalue weighted by molar-refractivity contribution is 0.104. The lowest BCUT2D eigenvalue weighted by Crippen LogP contribution is -2.20. The molecule has 3 heterocycles. The van der Waals surface area contributed by atoms with Gasteiger partial charge in [-0.1, -0.05) is 0 Å². The summed E-state index contributed by atoms with van der Waals surface area (Å²) in [5.41, 5.74) is 1.40. The van der Waals surface area contributed by atoms with Crippen LogP contribution in [0.1, 0.15) is 34.6 Å². The summed E-state index contributed by atoms with van der Waals surface area (Å²) in [4.78, 5) is 27.6. The highest BCUT2D eigenvalue weighted by Gasteiger charge is 2.14. The van der Waals surface area contributed by atoms with Crippen molar-refractivity contribution in [2.75, 3.05) is 18.0 Å². The van der Waals surface area contributed by atoms with E-state index < -0.39 is 0 Å². The zero-order valence-corrected chi connectivity index (χ0v) is 16.4. The van der Waals surface area contributed by atoms with Crippen LogP contribution < -0.4 is 9.64 Å². The van der Waals surface area contributed by atoms with Gasteiger partial charge in [-0.15, -0.1) is 0 Å². The smallest absolute Gasteiger partial charge is 0.225 e. The van der Waals surface area contributed by atoms with Crippen molar-refractivity contribution in [1.29, 1.82) is 0 Å². The van der Waals surface area contributed by atoms with Crippen LogP contribution in [0.15, 0.2) is 55.1 Å². The van der Waals surface area contributed by atoms with Gasteiger partial charge in [-0.3, -0.25) is 4.79 Å². The molecule has 2 aromatic heterocycles. The highest BCUT2D eigenvalue weighted by atomic mass is 16.5. The average Bonchev–Trinajstić information content (AvgIpc) is 3.43. The van der Waals surface area contributed by atoms with Gasteiger partial charge in [0, 0.05) is 56.1 Å². The first-order valence-electron chi connectivity index (χ1n) is 9.67. The molecule has 1 aromatic carbocycles. The fraction of sp³-hybridized carbons (Fsp3) is 0.273. The second-order valence-corrected chi connectivity index (χ2v) is 6.98. The van der Waals surface area contributed by atoms with E-state index in [2.05, 4.69) is 19.9 Å². The van der Waals surface area contributed by atoms with Crippen LogP contribution in [0.4, 0.5) is 5.95 Å². The molecule has 148 valence electrons. The Balaban J connectivity index is 1.33. The minimum Gasteiger partial charge on any atom is -0.486 e. The number of nitrogens with zero attached hydrogens (tertiary/aromatic N) is 5. The van der Waals surface area contributed by atoms with Gasteiger partial charge < -0.3 is 14.2 Å². The lowest BCUT2D eigenvalue weighted by Gasteiger charge is -2.14. The Morgan fingerprint density at radius 2 is 1.83 bits per heavy atom. The van der Waals surface area contributed by atoms with Crippen LogP contribution in [-0.2, 0) is 13.7 Å². The van der Waals surface area contributed by atoms with Gasteiger partial charge in [0.05, 0.1) is 0 Å². The van der Waals surface area contributed by atoms with Gasteiger partial charge in [-0.05, 0) is 49.3 Å². The molecule has 7 heteroatoms. The number of ether oxygens (including phenoxy) is 1. The number of aryl methyl sites for hydroxylation is 1. The van der Waals surface area contributed by atoms with E-state index in [1.54, 1.807) is 48.9 Å². The number of rotatable bonds is 7. The summed E-state index contributed by atoms with van der Waals surface area (Å²) in [6, 6.07) is 7.09. The van der Waals surface area contributed by atoms with Crippen molar-refractivity contribution in [1.82, 2.24) is 19.5 Å². The molecule has 0 radical (unpaired) electrons. The third-order valence-corrected chi connectivity index (χ3v) is 4.90. The number of benzene rings is 1. The van der Waals surface area contributed by atoms with Crippen molar-refractivity contribution in [3.63, 3.8) is 0 Å². The van der Waals surface area contributed by atoms with E-state index in [9.17, 15) is 4.79 Å². The van der Waals surface area contributed by atoms with Crippen molar-refractivity contribution in [3.8, 4) is 5.75 Å². The van der Waals surface area contributed by atoms with Crippen molar-refractivity contribution in [2.45, 2.75) is 19.4 Å². The Kier molecular flexibility index (Phi) is 5.65. The standard InChI is InChI=1S/C22H23N5O2/c1-26-13-10-23-21(26)16-29-19-7-5-18(6-8-19)20(28)9-4-17-14-24-22(25-15-17)27-11-2-3-12-27/h4-10,13-15H,2-3,11-12,16H2,1H3/b9-4+. The molecule has 0 atom stereocenters. The van der Waals surface area contributed by atoms with E-state index in [1.807, 2.05) is 17.8 Å². The van der Waals surface area contributed by atoms with E-state index >= 15 is 0 Å². The molecule has 29 heavy (non-hydrogen) atoms. The van der Waals surface area contributed by atoms with Crippen LogP contribution in [0.5, 0.6) is 5.75 Å². The van der Waals surface area contributed by atoms with Crippen LogP contribution >= 0.6 is 0 Å². The number of hydrogen-bond donors (Lipinski definition) is 0. The Labute approximate surface area is 169 Å². The van der Waals surface area contributed by atoms with Crippen LogP contribution in [0.2, 0.25) is 0 Å². The van der Waals surface area contributed by atoms with Crippen molar-refractivity contribution in [3.05, 3.63) is 72.1 Å². The summed E-state index contributed by atoms with van der Waals surface area (Å²) in [5.74, 6) is 2.21. The third kappa shape index (κ3) is 4.68. The van der Waals surface area contributed by atoms with Crippen LogP contribution in [0.25, 0.3) is 6.08 Å². The van der Waals surface area contributed by atoms with Gasteiger partial charge in [-0.25, -0.2) is 15.0 Å². The number of carbonyl (C=O) groups excluding carboxylic acids is 1. The maximum absolute atomic E-state index is 12.4. The number of carbonyl (C=O) groups is 1. The van der Waals surface area contributed by atoms with Crippen LogP contribution in [0.3, 0.4) is 0 Å². The third-order valence-electron chi connectivity index (χ3n) is 4.90. The molecule has 1 saturated heterocycles. The monoisotopic (exact) mass is 389 g/mol. The molecule has 1 aliphatic rings. The average molecular weight is 389 g/mol. The van der Waals surface area contributed by atoms with Crippen molar-refractivity contribution < 1.29 is 9.53 Å². The van der Waals surface area contributed by atoms with Crippen molar-refractivity contribution >= 4 is 17.8 Å². The van der Waals surface area contributed by atoms with E-state index in [-0.39, 0.29) is 5.78 Å². The van der Waals surface area contributed by atoms with Gasteiger partial charge in [0.1, 0.15) is 18.2 Å². The summed E-state index contributed by atoms with van der Waals surface area (Å²) in [6.07, 6.45) is 12.8. The summed E-state index contributed by atoms with van der Waals surface area (Å²) < 4.78 is 7.62. The van der Waals surface area contributed by atoms with Crippen LogP contribution in [0, 0.1) is 0 Å². The Morgan fingerprint density at radius 3 is 2.48 bits per heavy atom. The summed E-state index contributed by atoms with van der Waals surface area (Å²) in [5, 5.41) is 0. The Hall–Kier alpha value is -3.48. The predicted molar refractivity (Wildman–Crippen MR) is 111 cm³/mol. The van der Waals surface area contributed by atoms with E-state index in [4.69, 9.17) is 4.74 Å². The van der Waals surface area contributed by atoms with Crippen molar-refractivity contribution in [2.24, 2.45) is 7.05 Å². The summed E-state index contributed by atoms with van der Waals surface area (Å²) >= 11 is 0. The molecule has 0 N–H and O–H groups in total. The Morgan fingerprint density at radius 1 is 1.10 bits per heavy atom.